The summed E-state index contributed by atoms with van der Waals surface area (Å²) in [6.07, 6.45) is 9.62. The zero-order valence-electron chi connectivity index (χ0n) is 12.9. The molecule has 116 valence electrons. The molecular weight excluding hydrogens is 296 g/mol. The summed E-state index contributed by atoms with van der Waals surface area (Å²) in [4.78, 5) is 11.3. The number of rotatable bonds is 2. The number of hydrogen-bond acceptors (Lipinski definition) is 3. The van der Waals surface area contributed by atoms with Gasteiger partial charge in [0.15, 0.2) is 0 Å². The Morgan fingerprint density at radius 3 is 3.00 bits per heavy atom. The van der Waals surface area contributed by atoms with E-state index >= 15 is 0 Å². The van der Waals surface area contributed by atoms with Crippen LogP contribution in [0.5, 0.6) is 0 Å². The van der Waals surface area contributed by atoms with Gasteiger partial charge in [0.05, 0.1) is 22.4 Å². The number of fused-ring (bicyclic) bond motifs is 1. The van der Waals surface area contributed by atoms with Crippen LogP contribution in [-0.4, -0.2) is 27.6 Å². The van der Waals surface area contributed by atoms with Crippen molar-refractivity contribution in [3.63, 3.8) is 0 Å². The Labute approximate surface area is 136 Å². The number of nitrogens with zero attached hydrogens (tertiary/aromatic N) is 4. The summed E-state index contributed by atoms with van der Waals surface area (Å²) in [5.41, 5.74) is 3.92. The van der Waals surface area contributed by atoms with E-state index in [-0.39, 0.29) is 0 Å². The van der Waals surface area contributed by atoms with E-state index < -0.39 is 0 Å². The maximum absolute atomic E-state index is 6.30. The summed E-state index contributed by atoms with van der Waals surface area (Å²) >= 11 is 6.30. The predicted octanol–water partition coefficient (Wildman–Crippen LogP) is 3.57. The molecule has 0 spiro atoms. The Hall–Kier alpha value is -1.55. The summed E-state index contributed by atoms with van der Waals surface area (Å²) < 4.78 is 2.50. The number of anilines is 1. The molecule has 1 aliphatic carbocycles. The van der Waals surface area contributed by atoms with Gasteiger partial charge in [-0.05, 0) is 45.1 Å². The van der Waals surface area contributed by atoms with Crippen LogP contribution < -0.4 is 4.90 Å². The molecule has 2 aromatic heterocycles. The number of pyridine rings is 1. The molecule has 0 radical (unpaired) electrons. The van der Waals surface area contributed by atoms with E-state index in [9.17, 15) is 0 Å². The summed E-state index contributed by atoms with van der Waals surface area (Å²) in [5.74, 6) is 1.18. The molecule has 22 heavy (non-hydrogen) atoms. The van der Waals surface area contributed by atoms with Crippen molar-refractivity contribution < 1.29 is 0 Å². The van der Waals surface area contributed by atoms with Crippen LogP contribution in [0.2, 0.25) is 5.02 Å². The Balaban J connectivity index is 1.61. The van der Waals surface area contributed by atoms with Crippen molar-refractivity contribution in [2.24, 2.45) is 0 Å². The fourth-order valence-corrected chi connectivity index (χ4v) is 4.22. The van der Waals surface area contributed by atoms with E-state index in [4.69, 9.17) is 16.6 Å². The van der Waals surface area contributed by atoms with Crippen LogP contribution in [0.1, 0.15) is 42.5 Å². The zero-order chi connectivity index (χ0) is 15.1. The maximum atomic E-state index is 6.30. The molecule has 4 rings (SSSR count). The minimum Gasteiger partial charge on any atom is -0.368 e. The van der Waals surface area contributed by atoms with E-state index in [1.54, 1.807) is 6.20 Å². The third kappa shape index (κ3) is 2.30. The van der Waals surface area contributed by atoms with E-state index in [2.05, 4.69) is 21.4 Å². The van der Waals surface area contributed by atoms with Crippen LogP contribution in [0.25, 0.3) is 0 Å². The van der Waals surface area contributed by atoms with E-state index in [1.807, 2.05) is 12.3 Å². The van der Waals surface area contributed by atoms with Gasteiger partial charge in [0.1, 0.15) is 5.82 Å². The van der Waals surface area contributed by atoms with Crippen molar-refractivity contribution in [1.82, 2.24) is 14.5 Å². The van der Waals surface area contributed by atoms with Gasteiger partial charge in [0.2, 0.25) is 0 Å². The SMILES string of the molecule is Cc1nc2c(n1[C@@H]1CCN(c3ccncc3Cl)C1)CCCC2. The first kappa shape index (κ1) is 14.1. The van der Waals surface area contributed by atoms with E-state index in [0.717, 1.165) is 36.6 Å². The second-order valence-electron chi connectivity index (χ2n) is 6.35. The van der Waals surface area contributed by atoms with Gasteiger partial charge in [-0.1, -0.05) is 11.6 Å². The van der Waals surface area contributed by atoms with Crippen LogP contribution in [0.3, 0.4) is 0 Å². The van der Waals surface area contributed by atoms with Gasteiger partial charge in [-0.2, -0.15) is 0 Å². The molecule has 0 bridgehead atoms. The number of aryl methyl sites for hydroxylation is 2. The second-order valence-corrected chi connectivity index (χ2v) is 6.75. The molecule has 0 unspecified atom stereocenters. The first-order valence-corrected chi connectivity index (χ1v) is 8.53. The fraction of sp³-hybridized carbons (Fsp3) is 0.529. The highest BCUT2D eigenvalue weighted by Gasteiger charge is 2.29. The van der Waals surface area contributed by atoms with Crippen LogP contribution in [-0.2, 0) is 12.8 Å². The van der Waals surface area contributed by atoms with Crippen molar-refractivity contribution in [3.05, 3.63) is 40.7 Å². The molecule has 0 aromatic carbocycles. The number of halogens is 1. The van der Waals surface area contributed by atoms with Crippen LogP contribution in [0, 0.1) is 6.92 Å². The van der Waals surface area contributed by atoms with Gasteiger partial charge in [0, 0.05) is 31.2 Å². The molecule has 0 N–H and O–H groups in total. The molecule has 0 amide bonds. The minimum atomic E-state index is 0.513. The van der Waals surface area contributed by atoms with E-state index in [1.165, 1.54) is 36.5 Å². The lowest BCUT2D eigenvalue weighted by molar-refractivity contribution is 0.505. The smallest absolute Gasteiger partial charge is 0.106 e. The average Bonchev–Trinajstić information content (AvgIpc) is 3.10. The molecule has 5 heteroatoms. The van der Waals surface area contributed by atoms with Crippen LogP contribution in [0.15, 0.2) is 18.5 Å². The number of aromatic nitrogens is 3. The molecule has 1 aliphatic heterocycles. The van der Waals surface area contributed by atoms with Gasteiger partial charge in [-0.25, -0.2) is 4.98 Å². The molecular formula is C17H21ClN4. The van der Waals surface area contributed by atoms with Crippen LogP contribution >= 0.6 is 11.6 Å². The molecule has 4 nitrogen and oxygen atoms in total. The van der Waals surface area contributed by atoms with Gasteiger partial charge in [-0.15, -0.1) is 0 Å². The lowest BCUT2D eigenvalue weighted by Gasteiger charge is -2.22. The normalized spacial score (nSPS) is 21.2. The van der Waals surface area contributed by atoms with Crippen molar-refractivity contribution >= 4 is 17.3 Å². The van der Waals surface area contributed by atoms with Gasteiger partial charge >= 0.3 is 0 Å². The number of imidazole rings is 1. The third-order valence-corrected chi connectivity index (χ3v) is 5.26. The highest BCUT2D eigenvalue weighted by molar-refractivity contribution is 6.33. The minimum absolute atomic E-state index is 0.513. The highest BCUT2D eigenvalue weighted by Crippen LogP contribution is 2.34. The van der Waals surface area contributed by atoms with Crippen molar-refractivity contribution in [3.8, 4) is 0 Å². The Kier molecular flexibility index (Phi) is 3.57. The van der Waals surface area contributed by atoms with Crippen LogP contribution in [0.4, 0.5) is 5.69 Å². The Morgan fingerprint density at radius 1 is 1.27 bits per heavy atom. The molecule has 0 saturated carbocycles. The predicted molar refractivity (Wildman–Crippen MR) is 88.7 cm³/mol. The molecule has 2 aromatic rings. The monoisotopic (exact) mass is 316 g/mol. The molecule has 2 aliphatic rings. The quantitative estimate of drug-likeness (QED) is 0.849. The standard InChI is InChI=1S/C17H21ClN4/c1-12-20-15-4-2-3-5-17(15)22(12)13-7-9-21(11-13)16-6-8-19-10-14(16)18/h6,8,10,13H,2-5,7,9,11H2,1H3/t13-/m1/s1. The third-order valence-electron chi connectivity index (χ3n) is 4.97. The van der Waals surface area contributed by atoms with Gasteiger partial charge in [-0.3, -0.25) is 4.98 Å². The summed E-state index contributed by atoms with van der Waals surface area (Å²) in [6, 6.07) is 2.53. The first-order valence-electron chi connectivity index (χ1n) is 8.15. The highest BCUT2D eigenvalue weighted by atomic mass is 35.5. The molecule has 3 heterocycles. The fourth-order valence-electron chi connectivity index (χ4n) is 3.98. The second kappa shape index (κ2) is 5.58. The topological polar surface area (TPSA) is 34.0 Å². The zero-order valence-corrected chi connectivity index (χ0v) is 13.7. The van der Waals surface area contributed by atoms with Gasteiger partial charge < -0.3 is 9.47 Å². The lowest BCUT2D eigenvalue weighted by atomic mass is 10.0. The molecule has 1 saturated heterocycles. The molecule has 1 atom stereocenters. The summed E-state index contributed by atoms with van der Waals surface area (Å²) in [5, 5.41) is 0.743. The van der Waals surface area contributed by atoms with Crippen molar-refractivity contribution in [2.75, 3.05) is 18.0 Å². The average molecular weight is 317 g/mol. The number of hydrogen-bond donors (Lipinski definition) is 0. The Morgan fingerprint density at radius 2 is 2.14 bits per heavy atom. The van der Waals surface area contributed by atoms with Gasteiger partial charge in [0.25, 0.3) is 0 Å². The first-order chi connectivity index (χ1) is 10.7. The maximum Gasteiger partial charge on any atom is 0.106 e. The van der Waals surface area contributed by atoms with Crippen molar-refractivity contribution in [1.29, 1.82) is 0 Å². The van der Waals surface area contributed by atoms with E-state index in [0.29, 0.717) is 6.04 Å². The lowest BCUT2D eigenvalue weighted by Crippen LogP contribution is -2.22. The summed E-state index contributed by atoms with van der Waals surface area (Å²) in [7, 11) is 0. The molecule has 1 fully saturated rings. The Bertz CT molecular complexity index is 694. The van der Waals surface area contributed by atoms with Crippen molar-refractivity contribution in [2.45, 2.75) is 45.1 Å². The summed E-state index contributed by atoms with van der Waals surface area (Å²) in [6.45, 7) is 4.20. The largest absolute Gasteiger partial charge is 0.368 e.